The molecule has 6 nitrogen and oxygen atoms in total. The van der Waals surface area contributed by atoms with E-state index in [-0.39, 0.29) is 18.4 Å². The molecule has 158 valence electrons. The maximum absolute atomic E-state index is 13.2. The number of aryl methyl sites for hydroxylation is 1. The van der Waals surface area contributed by atoms with Crippen molar-refractivity contribution in [2.45, 2.75) is 52.7 Å². The highest BCUT2D eigenvalue weighted by Crippen LogP contribution is 2.27. The standard InChI is InChI=1S/C24H29N3O3/c1-17-11-13-20(14-12-17)27-18(2)22(29)25(23(27)30)16-21(28)26(24(3,4)5)15-19-9-7-6-8-10-19/h6-14,18H,15-16H2,1-5H3. The lowest BCUT2D eigenvalue weighted by molar-refractivity contribution is -0.141. The third-order valence-corrected chi connectivity index (χ3v) is 5.35. The van der Waals surface area contributed by atoms with Gasteiger partial charge in [-0.15, -0.1) is 0 Å². The van der Waals surface area contributed by atoms with Crippen molar-refractivity contribution in [3.8, 4) is 0 Å². The lowest BCUT2D eigenvalue weighted by Crippen LogP contribution is -2.50. The zero-order valence-corrected chi connectivity index (χ0v) is 18.3. The third-order valence-electron chi connectivity index (χ3n) is 5.35. The number of carbonyl (C=O) groups is 3. The van der Waals surface area contributed by atoms with E-state index in [0.29, 0.717) is 12.2 Å². The summed E-state index contributed by atoms with van der Waals surface area (Å²) in [6.45, 7) is 9.64. The number of anilines is 1. The van der Waals surface area contributed by atoms with Crippen LogP contribution in [0.4, 0.5) is 10.5 Å². The molecule has 1 aliphatic rings. The molecule has 0 N–H and O–H groups in total. The average molecular weight is 408 g/mol. The van der Waals surface area contributed by atoms with Gasteiger partial charge in [0.1, 0.15) is 12.6 Å². The number of rotatable bonds is 5. The summed E-state index contributed by atoms with van der Waals surface area (Å²) in [5.41, 5.74) is 2.26. The van der Waals surface area contributed by atoms with E-state index in [4.69, 9.17) is 0 Å². The van der Waals surface area contributed by atoms with Crippen LogP contribution in [0, 0.1) is 6.92 Å². The Kier molecular flexibility index (Phi) is 5.97. The van der Waals surface area contributed by atoms with Crippen LogP contribution >= 0.6 is 0 Å². The van der Waals surface area contributed by atoms with E-state index in [1.165, 1.54) is 4.90 Å². The van der Waals surface area contributed by atoms with Gasteiger partial charge < -0.3 is 4.90 Å². The van der Waals surface area contributed by atoms with Crippen molar-refractivity contribution >= 4 is 23.5 Å². The average Bonchev–Trinajstić information content (AvgIpc) is 2.90. The Morgan fingerprint density at radius 1 is 1.00 bits per heavy atom. The first-order valence-corrected chi connectivity index (χ1v) is 10.1. The van der Waals surface area contributed by atoms with Crippen molar-refractivity contribution in [2.24, 2.45) is 0 Å². The van der Waals surface area contributed by atoms with Crippen LogP contribution in [0.25, 0.3) is 0 Å². The Bertz CT molecular complexity index is 932. The number of benzene rings is 2. The van der Waals surface area contributed by atoms with Crippen LogP contribution in [0.15, 0.2) is 54.6 Å². The second kappa shape index (κ2) is 8.30. The number of carbonyl (C=O) groups excluding carboxylic acids is 3. The van der Waals surface area contributed by atoms with Gasteiger partial charge in [0.15, 0.2) is 0 Å². The molecule has 1 saturated heterocycles. The van der Waals surface area contributed by atoms with E-state index in [1.807, 2.05) is 82.3 Å². The quantitative estimate of drug-likeness (QED) is 0.705. The maximum Gasteiger partial charge on any atom is 0.332 e. The summed E-state index contributed by atoms with van der Waals surface area (Å²) in [5, 5.41) is 0. The summed E-state index contributed by atoms with van der Waals surface area (Å²) in [6.07, 6.45) is 0. The van der Waals surface area contributed by atoms with Gasteiger partial charge in [0, 0.05) is 17.8 Å². The molecule has 1 fully saturated rings. The molecule has 2 aromatic carbocycles. The predicted octanol–water partition coefficient (Wildman–Crippen LogP) is 3.98. The fourth-order valence-corrected chi connectivity index (χ4v) is 3.60. The molecular formula is C24H29N3O3. The summed E-state index contributed by atoms with van der Waals surface area (Å²) >= 11 is 0. The van der Waals surface area contributed by atoms with Crippen LogP contribution in [-0.2, 0) is 16.1 Å². The van der Waals surface area contributed by atoms with Crippen LogP contribution in [0.3, 0.4) is 0 Å². The minimum absolute atomic E-state index is 0.258. The third kappa shape index (κ3) is 4.37. The summed E-state index contributed by atoms with van der Waals surface area (Å²) in [5.74, 6) is -0.617. The van der Waals surface area contributed by atoms with Crippen LogP contribution in [-0.4, -0.2) is 45.8 Å². The monoisotopic (exact) mass is 407 g/mol. The first-order chi connectivity index (χ1) is 14.1. The van der Waals surface area contributed by atoms with Crippen LogP contribution in [0.2, 0.25) is 0 Å². The van der Waals surface area contributed by atoms with Crippen molar-refractivity contribution in [1.29, 1.82) is 0 Å². The zero-order chi connectivity index (χ0) is 22.1. The van der Waals surface area contributed by atoms with Gasteiger partial charge in [0.05, 0.1) is 0 Å². The molecule has 3 rings (SSSR count). The molecule has 1 atom stereocenters. The molecule has 0 saturated carbocycles. The molecular weight excluding hydrogens is 378 g/mol. The molecule has 1 unspecified atom stereocenters. The highest BCUT2D eigenvalue weighted by Gasteiger charge is 2.45. The first-order valence-electron chi connectivity index (χ1n) is 10.1. The highest BCUT2D eigenvalue weighted by atomic mass is 16.2. The van der Waals surface area contributed by atoms with E-state index >= 15 is 0 Å². The fourth-order valence-electron chi connectivity index (χ4n) is 3.60. The molecule has 0 aromatic heterocycles. The SMILES string of the molecule is Cc1ccc(N2C(=O)N(CC(=O)N(Cc3ccccc3)C(C)(C)C)C(=O)C2C)cc1. The Morgan fingerprint density at radius 2 is 1.60 bits per heavy atom. The normalized spacial score (nSPS) is 16.9. The second-order valence-corrected chi connectivity index (χ2v) is 8.72. The number of imide groups is 1. The van der Waals surface area contributed by atoms with E-state index in [1.54, 1.807) is 11.8 Å². The van der Waals surface area contributed by atoms with Gasteiger partial charge in [-0.25, -0.2) is 4.79 Å². The summed E-state index contributed by atoms with van der Waals surface area (Å²) in [7, 11) is 0. The molecule has 4 amide bonds. The van der Waals surface area contributed by atoms with Crippen LogP contribution in [0.1, 0.15) is 38.8 Å². The molecule has 6 heteroatoms. The van der Waals surface area contributed by atoms with E-state index in [2.05, 4.69) is 0 Å². The Morgan fingerprint density at radius 3 is 2.17 bits per heavy atom. The van der Waals surface area contributed by atoms with Crippen molar-refractivity contribution in [2.75, 3.05) is 11.4 Å². The van der Waals surface area contributed by atoms with E-state index < -0.39 is 17.6 Å². The van der Waals surface area contributed by atoms with Gasteiger partial charge in [-0.1, -0.05) is 48.0 Å². The lowest BCUT2D eigenvalue weighted by Gasteiger charge is -2.36. The van der Waals surface area contributed by atoms with Crippen molar-refractivity contribution in [3.05, 3.63) is 65.7 Å². The number of amides is 4. The molecule has 0 radical (unpaired) electrons. The van der Waals surface area contributed by atoms with Gasteiger partial charge in [-0.2, -0.15) is 0 Å². The smallest absolute Gasteiger partial charge is 0.332 e. The molecule has 0 spiro atoms. The summed E-state index contributed by atoms with van der Waals surface area (Å²) < 4.78 is 0. The largest absolute Gasteiger partial charge is 0.332 e. The van der Waals surface area contributed by atoms with Gasteiger partial charge in [0.2, 0.25) is 5.91 Å². The van der Waals surface area contributed by atoms with Crippen molar-refractivity contribution in [1.82, 2.24) is 9.80 Å². The number of urea groups is 1. The van der Waals surface area contributed by atoms with Gasteiger partial charge in [-0.05, 0) is 52.3 Å². The Hall–Kier alpha value is -3.15. The molecule has 1 heterocycles. The van der Waals surface area contributed by atoms with E-state index in [0.717, 1.165) is 16.0 Å². The summed E-state index contributed by atoms with van der Waals surface area (Å²) in [6, 6.07) is 16.0. The second-order valence-electron chi connectivity index (χ2n) is 8.72. The molecule has 30 heavy (non-hydrogen) atoms. The minimum Gasteiger partial charge on any atom is -0.332 e. The Balaban J connectivity index is 1.80. The minimum atomic E-state index is -0.648. The number of hydrogen-bond donors (Lipinski definition) is 0. The van der Waals surface area contributed by atoms with Gasteiger partial charge >= 0.3 is 6.03 Å². The topological polar surface area (TPSA) is 60.9 Å². The van der Waals surface area contributed by atoms with Crippen LogP contribution < -0.4 is 4.90 Å². The number of nitrogens with zero attached hydrogens (tertiary/aromatic N) is 3. The van der Waals surface area contributed by atoms with Gasteiger partial charge in [0.25, 0.3) is 5.91 Å². The van der Waals surface area contributed by atoms with Crippen molar-refractivity contribution < 1.29 is 14.4 Å². The highest BCUT2D eigenvalue weighted by molar-refractivity contribution is 6.15. The molecule has 2 aromatic rings. The molecule has 1 aliphatic heterocycles. The van der Waals surface area contributed by atoms with Gasteiger partial charge in [-0.3, -0.25) is 19.4 Å². The van der Waals surface area contributed by atoms with Crippen LogP contribution in [0.5, 0.6) is 0 Å². The fraction of sp³-hybridized carbons (Fsp3) is 0.375. The summed E-state index contributed by atoms with van der Waals surface area (Å²) in [4.78, 5) is 43.3. The zero-order valence-electron chi connectivity index (χ0n) is 18.3. The van der Waals surface area contributed by atoms with Crippen molar-refractivity contribution in [3.63, 3.8) is 0 Å². The predicted molar refractivity (Wildman–Crippen MR) is 117 cm³/mol. The Labute approximate surface area is 178 Å². The van der Waals surface area contributed by atoms with E-state index in [9.17, 15) is 14.4 Å². The molecule has 0 aliphatic carbocycles. The lowest BCUT2D eigenvalue weighted by atomic mass is 10.0. The first kappa shape index (κ1) is 21.6. The number of hydrogen-bond acceptors (Lipinski definition) is 3. The molecule has 0 bridgehead atoms. The maximum atomic E-state index is 13.2.